The van der Waals surface area contributed by atoms with Gasteiger partial charge in [0.1, 0.15) is 0 Å². The third-order valence-electron chi connectivity index (χ3n) is 2.86. The maximum Gasteiger partial charge on any atom is 0.251 e. The van der Waals surface area contributed by atoms with Gasteiger partial charge in [0.05, 0.1) is 0 Å². The molecule has 0 radical (unpaired) electrons. The summed E-state index contributed by atoms with van der Waals surface area (Å²) in [6.45, 7) is 2.60. The lowest BCUT2D eigenvalue weighted by Crippen LogP contribution is -2.25. The fraction of sp³-hybridized carbons (Fsp3) is 0.500. The SMILES string of the molecule is Cc1c(Cl)cccc1C(=O)NCCCCCCBr. The lowest BCUT2D eigenvalue weighted by atomic mass is 10.1. The van der Waals surface area contributed by atoms with E-state index in [1.807, 2.05) is 6.92 Å². The van der Waals surface area contributed by atoms with Crippen LogP contribution in [0.3, 0.4) is 0 Å². The van der Waals surface area contributed by atoms with Crippen molar-refractivity contribution in [3.63, 3.8) is 0 Å². The first-order valence-electron chi connectivity index (χ1n) is 6.26. The third kappa shape index (κ3) is 4.99. The molecule has 0 spiro atoms. The number of benzene rings is 1. The largest absolute Gasteiger partial charge is 0.352 e. The van der Waals surface area contributed by atoms with Crippen molar-refractivity contribution in [2.45, 2.75) is 32.6 Å². The molecule has 1 aromatic carbocycles. The van der Waals surface area contributed by atoms with Crippen molar-refractivity contribution in [1.82, 2.24) is 5.32 Å². The Morgan fingerprint density at radius 2 is 2.00 bits per heavy atom. The third-order valence-corrected chi connectivity index (χ3v) is 3.83. The maximum atomic E-state index is 11.9. The number of hydrogen-bond acceptors (Lipinski definition) is 1. The van der Waals surface area contributed by atoms with Gasteiger partial charge in [-0.05, 0) is 37.5 Å². The summed E-state index contributed by atoms with van der Waals surface area (Å²) in [7, 11) is 0. The van der Waals surface area contributed by atoms with Crippen LogP contribution in [0.15, 0.2) is 18.2 Å². The van der Waals surface area contributed by atoms with E-state index in [1.165, 1.54) is 12.8 Å². The van der Waals surface area contributed by atoms with E-state index in [0.29, 0.717) is 10.6 Å². The Hall–Kier alpha value is -0.540. The average Bonchev–Trinajstić information content (AvgIpc) is 2.36. The number of amides is 1. The van der Waals surface area contributed by atoms with E-state index >= 15 is 0 Å². The molecular formula is C14H19BrClNO. The topological polar surface area (TPSA) is 29.1 Å². The van der Waals surface area contributed by atoms with Gasteiger partial charge in [0.2, 0.25) is 0 Å². The summed E-state index contributed by atoms with van der Waals surface area (Å²) in [6, 6.07) is 5.41. The van der Waals surface area contributed by atoms with E-state index < -0.39 is 0 Å². The molecule has 1 N–H and O–H groups in total. The maximum absolute atomic E-state index is 11.9. The fourth-order valence-electron chi connectivity index (χ4n) is 1.72. The van der Waals surface area contributed by atoms with Gasteiger partial charge in [-0.3, -0.25) is 4.79 Å². The first kappa shape index (κ1) is 15.5. The molecule has 100 valence electrons. The van der Waals surface area contributed by atoms with Gasteiger partial charge < -0.3 is 5.32 Å². The summed E-state index contributed by atoms with van der Waals surface area (Å²) in [5.74, 6) is -0.0320. The van der Waals surface area contributed by atoms with E-state index in [2.05, 4.69) is 21.2 Å². The van der Waals surface area contributed by atoms with Gasteiger partial charge in [0.25, 0.3) is 5.91 Å². The predicted molar refractivity (Wildman–Crippen MR) is 80.8 cm³/mol. The van der Waals surface area contributed by atoms with Gasteiger partial charge in [0.15, 0.2) is 0 Å². The van der Waals surface area contributed by atoms with Crippen LogP contribution in [0.1, 0.15) is 41.6 Å². The van der Waals surface area contributed by atoms with Crippen molar-refractivity contribution in [2.24, 2.45) is 0 Å². The quantitative estimate of drug-likeness (QED) is 0.584. The van der Waals surface area contributed by atoms with Gasteiger partial charge >= 0.3 is 0 Å². The van der Waals surface area contributed by atoms with E-state index in [1.54, 1.807) is 18.2 Å². The number of hydrogen-bond donors (Lipinski definition) is 1. The monoisotopic (exact) mass is 331 g/mol. The van der Waals surface area contributed by atoms with Gasteiger partial charge in [-0.15, -0.1) is 0 Å². The molecule has 0 bridgehead atoms. The minimum atomic E-state index is -0.0320. The molecule has 0 aliphatic rings. The minimum Gasteiger partial charge on any atom is -0.352 e. The number of unbranched alkanes of at least 4 members (excludes halogenated alkanes) is 3. The molecule has 0 aliphatic carbocycles. The predicted octanol–water partition coefficient (Wildman–Crippen LogP) is 4.33. The van der Waals surface area contributed by atoms with Gasteiger partial charge in [-0.2, -0.15) is 0 Å². The summed E-state index contributed by atoms with van der Waals surface area (Å²) in [6.07, 6.45) is 4.58. The van der Waals surface area contributed by atoms with E-state index in [0.717, 1.165) is 30.3 Å². The van der Waals surface area contributed by atoms with Crippen molar-refractivity contribution in [3.05, 3.63) is 34.3 Å². The van der Waals surface area contributed by atoms with Crippen LogP contribution in [-0.4, -0.2) is 17.8 Å². The van der Waals surface area contributed by atoms with E-state index in [9.17, 15) is 4.79 Å². The molecule has 0 atom stereocenters. The number of halogens is 2. The second kappa shape index (κ2) is 8.54. The van der Waals surface area contributed by atoms with Crippen LogP contribution in [0.2, 0.25) is 5.02 Å². The molecule has 0 heterocycles. The highest BCUT2D eigenvalue weighted by atomic mass is 79.9. The second-order valence-corrected chi connectivity index (χ2v) is 5.47. The summed E-state index contributed by atoms with van der Waals surface area (Å²) in [5, 5.41) is 4.63. The summed E-state index contributed by atoms with van der Waals surface area (Å²) in [5.41, 5.74) is 1.51. The van der Waals surface area contributed by atoms with Crippen LogP contribution in [0.4, 0.5) is 0 Å². The van der Waals surface area contributed by atoms with Crippen LogP contribution in [-0.2, 0) is 0 Å². The molecule has 1 amide bonds. The Morgan fingerprint density at radius 1 is 1.28 bits per heavy atom. The minimum absolute atomic E-state index is 0.0320. The molecule has 4 heteroatoms. The molecule has 0 aromatic heterocycles. The lowest BCUT2D eigenvalue weighted by molar-refractivity contribution is 0.0952. The highest BCUT2D eigenvalue weighted by Gasteiger charge is 2.09. The Morgan fingerprint density at radius 3 is 2.72 bits per heavy atom. The zero-order valence-corrected chi connectivity index (χ0v) is 13.0. The fourth-order valence-corrected chi connectivity index (χ4v) is 2.29. The summed E-state index contributed by atoms with van der Waals surface area (Å²) < 4.78 is 0. The highest BCUT2D eigenvalue weighted by Crippen LogP contribution is 2.18. The van der Waals surface area contributed by atoms with Gasteiger partial charge in [0, 0.05) is 22.5 Å². The lowest BCUT2D eigenvalue weighted by Gasteiger charge is -2.08. The standard InChI is InChI=1S/C14H19BrClNO/c1-11-12(7-6-8-13(11)16)14(18)17-10-5-3-2-4-9-15/h6-8H,2-5,9-10H2,1H3,(H,17,18). The van der Waals surface area contributed by atoms with Crippen molar-refractivity contribution in [1.29, 1.82) is 0 Å². The van der Waals surface area contributed by atoms with Crippen LogP contribution in [0, 0.1) is 6.92 Å². The number of rotatable bonds is 7. The van der Waals surface area contributed by atoms with Crippen LogP contribution in [0.25, 0.3) is 0 Å². The number of carbonyl (C=O) groups is 1. The highest BCUT2D eigenvalue weighted by molar-refractivity contribution is 9.09. The molecule has 0 saturated heterocycles. The molecule has 18 heavy (non-hydrogen) atoms. The molecule has 1 aromatic rings. The smallest absolute Gasteiger partial charge is 0.251 e. The Bertz CT molecular complexity index is 395. The number of nitrogens with one attached hydrogen (secondary N) is 1. The summed E-state index contributed by atoms with van der Waals surface area (Å²) in [4.78, 5) is 11.9. The van der Waals surface area contributed by atoms with Crippen LogP contribution >= 0.6 is 27.5 Å². The molecule has 2 nitrogen and oxygen atoms in total. The van der Waals surface area contributed by atoms with Gasteiger partial charge in [-0.1, -0.05) is 46.4 Å². The molecule has 0 fully saturated rings. The number of carbonyl (C=O) groups excluding carboxylic acids is 1. The summed E-state index contributed by atoms with van der Waals surface area (Å²) >= 11 is 9.40. The van der Waals surface area contributed by atoms with E-state index in [4.69, 9.17) is 11.6 Å². The number of alkyl halides is 1. The van der Waals surface area contributed by atoms with Crippen molar-refractivity contribution in [2.75, 3.05) is 11.9 Å². The Balaban J connectivity index is 2.35. The van der Waals surface area contributed by atoms with Gasteiger partial charge in [-0.25, -0.2) is 0 Å². The molecule has 0 unspecified atom stereocenters. The molecule has 0 aliphatic heterocycles. The molecular weight excluding hydrogens is 314 g/mol. The van der Waals surface area contributed by atoms with E-state index in [-0.39, 0.29) is 5.91 Å². The van der Waals surface area contributed by atoms with Crippen molar-refractivity contribution < 1.29 is 4.79 Å². The van der Waals surface area contributed by atoms with Crippen molar-refractivity contribution in [3.8, 4) is 0 Å². The molecule has 1 rings (SSSR count). The van der Waals surface area contributed by atoms with Crippen molar-refractivity contribution >= 4 is 33.4 Å². The Labute approximate surface area is 122 Å². The zero-order valence-electron chi connectivity index (χ0n) is 10.6. The Kier molecular flexibility index (Phi) is 7.36. The molecule has 0 saturated carbocycles. The first-order chi connectivity index (χ1) is 8.66. The zero-order chi connectivity index (χ0) is 13.4. The first-order valence-corrected chi connectivity index (χ1v) is 7.76. The average molecular weight is 333 g/mol. The van der Waals surface area contributed by atoms with Crippen LogP contribution in [0.5, 0.6) is 0 Å². The second-order valence-electron chi connectivity index (χ2n) is 4.27. The normalized spacial score (nSPS) is 10.4. The van der Waals surface area contributed by atoms with Crippen LogP contribution < -0.4 is 5.32 Å².